The summed E-state index contributed by atoms with van der Waals surface area (Å²) in [6.07, 6.45) is 3.54. The highest BCUT2D eigenvalue weighted by atomic mass is 16.2. The fraction of sp³-hybridized carbons (Fsp3) is 0.412. The number of rotatable bonds is 2. The third kappa shape index (κ3) is 1.98. The maximum absolute atomic E-state index is 12.6. The number of nitrogens with zero attached hydrogens (tertiary/aromatic N) is 1. The van der Waals surface area contributed by atoms with Gasteiger partial charge in [0.15, 0.2) is 0 Å². The first-order valence-corrected chi connectivity index (χ1v) is 7.17. The number of amides is 2. The van der Waals surface area contributed by atoms with E-state index in [1.54, 1.807) is 0 Å². The molecule has 0 N–H and O–H groups in total. The Balaban J connectivity index is 1.89. The molecular weight excluding hydrogens is 250 g/mol. The standard InChI is InChI=1S/C17H19NO2/c1-11-8-9-14-15(10-11)17(20)18(16(14)19)12(2)13-6-4-3-5-7-13/h3-8,12,14-15H,9-10H2,1-2H3/t12-,14-,15+/m0/s1. The SMILES string of the molecule is CC1=CC[C@@H]2C(=O)N([C@@H](C)c3ccccc3)C(=O)[C@@H]2C1. The molecule has 0 spiro atoms. The number of fused-ring (bicyclic) bond motifs is 1. The van der Waals surface area contributed by atoms with Gasteiger partial charge in [0.1, 0.15) is 0 Å². The summed E-state index contributed by atoms with van der Waals surface area (Å²) in [4.78, 5) is 26.6. The molecule has 0 aromatic heterocycles. The van der Waals surface area contributed by atoms with Crippen molar-refractivity contribution in [3.8, 4) is 0 Å². The van der Waals surface area contributed by atoms with Gasteiger partial charge in [0.25, 0.3) is 0 Å². The van der Waals surface area contributed by atoms with E-state index in [2.05, 4.69) is 6.08 Å². The van der Waals surface area contributed by atoms with Crippen LogP contribution in [0.25, 0.3) is 0 Å². The topological polar surface area (TPSA) is 37.4 Å². The van der Waals surface area contributed by atoms with Crippen LogP contribution in [0.2, 0.25) is 0 Å². The van der Waals surface area contributed by atoms with Crippen LogP contribution in [0.5, 0.6) is 0 Å². The van der Waals surface area contributed by atoms with Crippen LogP contribution in [0.3, 0.4) is 0 Å². The molecule has 1 aliphatic carbocycles. The molecule has 1 aromatic rings. The number of carbonyl (C=O) groups excluding carboxylic acids is 2. The van der Waals surface area contributed by atoms with Crippen molar-refractivity contribution in [2.24, 2.45) is 11.8 Å². The van der Waals surface area contributed by atoms with Gasteiger partial charge in [0.05, 0.1) is 17.9 Å². The predicted octanol–water partition coefficient (Wildman–Crippen LogP) is 3.09. The van der Waals surface area contributed by atoms with E-state index in [0.29, 0.717) is 6.42 Å². The van der Waals surface area contributed by atoms with Crippen molar-refractivity contribution in [2.75, 3.05) is 0 Å². The molecule has 1 fully saturated rings. The predicted molar refractivity (Wildman–Crippen MR) is 76.7 cm³/mol. The number of imide groups is 1. The quantitative estimate of drug-likeness (QED) is 0.611. The van der Waals surface area contributed by atoms with Crippen LogP contribution in [0, 0.1) is 11.8 Å². The van der Waals surface area contributed by atoms with Crippen molar-refractivity contribution in [2.45, 2.75) is 32.7 Å². The van der Waals surface area contributed by atoms with Crippen LogP contribution in [0.4, 0.5) is 0 Å². The molecule has 3 rings (SSSR count). The van der Waals surface area contributed by atoms with Crippen molar-refractivity contribution in [3.05, 3.63) is 47.5 Å². The molecule has 0 unspecified atom stereocenters. The fourth-order valence-corrected chi connectivity index (χ4v) is 3.33. The van der Waals surface area contributed by atoms with E-state index < -0.39 is 0 Å². The van der Waals surface area contributed by atoms with Gasteiger partial charge >= 0.3 is 0 Å². The van der Waals surface area contributed by atoms with Crippen LogP contribution in [-0.2, 0) is 9.59 Å². The van der Waals surface area contributed by atoms with Crippen molar-refractivity contribution >= 4 is 11.8 Å². The molecule has 1 saturated heterocycles. The van der Waals surface area contributed by atoms with Gasteiger partial charge in [-0.2, -0.15) is 0 Å². The lowest BCUT2D eigenvalue weighted by Gasteiger charge is -2.23. The van der Waals surface area contributed by atoms with Gasteiger partial charge in [0, 0.05) is 0 Å². The monoisotopic (exact) mass is 269 g/mol. The second-order valence-electron chi connectivity index (χ2n) is 5.84. The highest BCUT2D eigenvalue weighted by Gasteiger charge is 2.49. The van der Waals surface area contributed by atoms with Crippen LogP contribution in [0.1, 0.15) is 38.3 Å². The summed E-state index contributed by atoms with van der Waals surface area (Å²) in [6, 6.07) is 9.58. The first-order chi connectivity index (χ1) is 9.59. The van der Waals surface area contributed by atoms with Gasteiger partial charge < -0.3 is 0 Å². The van der Waals surface area contributed by atoms with E-state index in [0.717, 1.165) is 12.0 Å². The molecule has 20 heavy (non-hydrogen) atoms. The summed E-state index contributed by atoms with van der Waals surface area (Å²) in [5, 5.41) is 0. The minimum atomic E-state index is -0.179. The smallest absolute Gasteiger partial charge is 0.233 e. The maximum atomic E-state index is 12.6. The van der Waals surface area contributed by atoms with Gasteiger partial charge in [-0.05, 0) is 32.3 Å². The van der Waals surface area contributed by atoms with Crippen LogP contribution < -0.4 is 0 Å². The average Bonchev–Trinajstić information content (AvgIpc) is 2.71. The highest BCUT2D eigenvalue weighted by Crippen LogP contribution is 2.40. The summed E-state index contributed by atoms with van der Waals surface area (Å²) in [5.41, 5.74) is 2.24. The van der Waals surface area contributed by atoms with E-state index in [-0.39, 0.29) is 29.7 Å². The number of carbonyl (C=O) groups is 2. The second-order valence-corrected chi connectivity index (χ2v) is 5.84. The Kier molecular flexibility index (Phi) is 3.20. The first-order valence-electron chi connectivity index (χ1n) is 7.17. The average molecular weight is 269 g/mol. The molecule has 2 aliphatic rings. The fourth-order valence-electron chi connectivity index (χ4n) is 3.33. The van der Waals surface area contributed by atoms with Gasteiger partial charge in [-0.25, -0.2) is 0 Å². The van der Waals surface area contributed by atoms with Crippen molar-refractivity contribution in [3.63, 3.8) is 0 Å². The van der Waals surface area contributed by atoms with Gasteiger partial charge in [0.2, 0.25) is 11.8 Å². The number of hydrogen-bond acceptors (Lipinski definition) is 2. The van der Waals surface area contributed by atoms with Gasteiger partial charge in [-0.15, -0.1) is 0 Å². The van der Waals surface area contributed by atoms with E-state index in [9.17, 15) is 9.59 Å². The first kappa shape index (κ1) is 13.1. The van der Waals surface area contributed by atoms with Gasteiger partial charge in [-0.3, -0.25) is 14.5 Å². The van der Waals surface area contributed by atoms with Crippen molar-refractivity contribution in [1.29, 1.82) is 0 Å². The molecule has 0 saturated carbocycles. The molecule has 1 heterocycles. The van der Waals surface area contributed by atoms with E-state index >= 15 is 0 Å². The molecule has 3 nitrogen and oxygen atoms in total. The number of benzene rings is 1. The second kappa shape index (κ2) is 4.89. The Morgan fingerprint density at radius 1 is 1.10 bits per heavy atom. The van der Waals surface area contributed by atoms with Crippen LogP contribution >= 0.6 is 0 Å². The normalized spacial score (nSPS) is 27.3. The van der Waals surface area contributed by atoms with Crippen molar-refractivity contribution < 1.29 is 9.59 Å². The lowest BCUT2D eigenvalue weighted by molar-refractivity contribution is -0.142. The molecule has 1 aromatic carbocycles. The zero-order valence-corrected chi connectivity index (χ0v) is 11.9. The molecule has 0 bridgehead atoms. The van der Waals surface area contributed by atoms with Crippen LogP contribution in [-0.4, -0.2) is 16.7 Å². The molecule has 3 heteroatoms. The third-order valence-electron chi connectivity index (χ3n) is 4.53. The summed E-state index contributed by atoms with van der Waals surface area (Å²) in [6.45, 7) is 3.97. The van der Waals surface area contributed by atoms with E-state index in [4.69, 9.17) is 0 Å². The number of allylic oxidation sites excluding steroid dienone is 2. The molecular formula is C17H19NO2. The van der Waals surface area contributed by atoms with Crippen molar-refractivity contribution in [1.82, 2.24) is 4.90 Å². The largest absolute Gasteiger partial charge is 0.275 e. The Morgan fingerprint density at radius 3 is 2.45 bits per heavy atom. The minimum absolute atomic E-state index is 0.0000954. The lowest BCUT2D eigenvalue weighted by atomic mass is 9.82. The Labute approximate surface area is 119 Å². The Bertz CT molecular complexity index is 576. The summed E-state index contributed by atoms with van der Waals surface area (Å²) in [7, 11) is 0. The number of likely N-dealkylation sites (tertiary alicyclic amines) is 1. The molecule has 2 amide bonds. The van der Waals surface area contributed by atoms with E-state index in [1.165, 1.54) is 10.5 Å². The lowest BCUT2D eigenvalue weighted by Crippen LogP contribution is -2.33. The zero-order chi connectivity index (χ0) is 14.3. The van der Waals surface area contributed by atoms with Crippen LogP contribution in [0.15, 0.2) is 42.0 Å². The summed E-state index contributed by atoms with van der Waals surface area (Å²) in [5.74, 6) is -0.278. The molecule has 3 atom stereocenters. The number of hydrogen-bond donors (Lipinski definition) is 0. The van der Waals surface area contributed by atoms with E-state index in [1.807, 2.05) is 44.2 Å². The third-order valence-corrected chi connectivity index (χ3v) is 4.53. The Morgan fingerprint density at radius 2 is 1.75 bits per heavy atom. The molecule has 0 radical (unpaired) electrons. The van der Waals surface area contributed by atoms with Gasteiger partial charge in [-0.1, -0.05) is 42.0 Å². The minimum Gasteiger partial charge on any atom is -0.275 e. The summed E-state index contributed by atoms with van der Waals surface area (Å²) >= 11 is 0. The summed E-state index contributed by atoms with van der Waals surface area (Å²) < 4.78 is 0. The molecule has 1 aliphatic heterocycles. The Hall–Kier alpha value is -1.90. The zero-order valence-electron chi connectivity index (χ0n) is 11.9. The highest BCUT2D eigenvalue weighted by molar-refractivity contribution is 6.05. The maximum Gasteiger partial charge on any atom is 0.233 e. The molecule has 104 valence electrons.